The minimum absolute atomic E-state index is 0.0599. The highest BCUT2D eigenvalue weighted by Crippen LogP contribution is 2.20. The molecule has 0 aliphatic carbocycles. The second-order valence-electron chi connectivity index (χ2n) is 4.51. The zero-order valence-corrected chi connectivity index (χ0v) is 10.6. The Kier molecular flexibility index (Phi) is 4.11. The van der Waals surface area contributed by atoms with Crippen LogP contribution in [-0.4, -0.2) is 24.4 Å². The molecule has 1 atom stereocenters. The molecule has 0 unspecified atom stereocenters. The molecule has 0 saturated carbocycles. The van der Waals surface area contributed by atoms with Crippen molar-refractivity contribution in [2.75, 3.05) is 17.2 Å². The number of nitrogens with one attached hydrogen (secondary N) is 3. The molecular formula is C13H16FN3O2. The van der Waals surface area contributed by atoms with Gasteiger partial charge in [0.1, 0.15) is 5.82 Å². The van der Waals surface area contributed by atoms with E-state index in [2.05, 4.69) is 16.0 Å². The first-order valence-electron chi connectivity index (χ1n) is 6.17. The van der Waals surface area contributed by atoms with Gasteiger partial charge in [0.05, 0.1) is 11.7 Å². The summed E-state index contributed by atoms with van der Waals surface area (Å²) in [5.41, 5.74) is 0.522. The predicted octanol–water partition coefficient (Wildman–Crippen LogP) is 1.47. The van der Waals surface area contributed by atoms with Crippen LogP contribution in [-0.2, 0) is 9.59 Å². The van der Waals surface area contributed by atoms with Crippen molar-refractivity contribution in [1.82, 2.24) is 5.32 Å². The molecule has 2 amide bonds. The Morgan fingerprint density at radius 2 is 2.16 bits per heavy atom. The van der Waals surface area contributed by atoms with Crippen molar-refractivity contribution in [3.05, 3.63) is 24.0 Å². The van der Waals surface area contributed by atoms with Gasteiger partial charge in [-0.2, -0.15) is 0 Å². The largest absolute Gasteiger partial charge is 0.325 e. The Hall–Kier alpha value is -1.95. The van der Waals surface area contributed by atoms with Gasteiger partial charge in [-0.1, -0.05) is 0 Å². The normalized spacial score (nSPS) is 18.1. The van der Waals surface area contributed by atoms with Crippen LogP contribution in [0.25, 0.3) is 0 Å². The van der Waals surface area contributed by atoms with E-state index in [4.69, 9.17) is 0 Å². The fraction of sp³-hybridized carbons (Fsp3) is 0.385. The van der Waals surface area contributed by atoms with Gasteiger partial charge < -0.3 is 16.0 Å². The second-order valence-corrected chi connectivity index (χ2v) is 4.51. The molecule has 1 aromatic carbocycles. The van der Waals surface area contributed by atoms with Crippen molar-refractivity contribution in [1.29, 1.82) is 0 Å². The predicted molar refractivity (Wildman–Crippen MR) is 70.4 cm³/mol. The van der Waals surface area contributed by atoms with E-state index in [9.17, 15) is 14.0 Å². The van der Waals surface area contributed by atoms with E-state index in [-0.39, 0.29) is 23.5 Å². The molecule has 0 spiro atoms. The highest BCUT2D eigenvalue weighted by Gasteiger charge is 2.22. The van der Waals surface area contributed by atoms with E-state index in [0.717, 1.165) is 19.4 Å². The lowest BCUT2D eigenvalue weighted by Gasteiger charge is -2.12. The highest BCUT2D eigenvalue weighted by molar-refractivity contribution is 5.96. The number of anilines is 2. The van der Waals surface area contributed by atoms with Crippen molar-refractivity contribution in [2.45, 2.75) is 25.8 Å². The molecule has 1 aromatic rings. The van der Waals surface area contributed by atoms with Crippen molar-refractivity contribution in [3.63, 3.8) is 0 Å². The molecule has 1 aliphatic rings. The van der Waals surface area contributed by atoms with Gasteiger partial charge in [-0.3, -0.25) is 9.59 Å². The van der Waals surface area contributed by atoms with Crippen LogP contribution >= 0.6 is 0 Å². The van der Waals surface area contributed by atoms with Crippen LogP contribution in [0.2, 0.25) is 0 Å². The Morgan fingerprint density at radius 1 is 1.37 bits per heavy atom. The maximum absolute atomic E-state index is 13.4. The lowest BCUT2D eigenvalue weighted by Crippen LogP contribution is -2.35. The molecule has 0 bridgehead atoms. The van der Waals surface area contributed by atoms with E-state index in [1.807, 2.05) is 0 Å². The Labute approximate surface area is 110 Å². The Balaban J connectivity index is 2.07. The first-order chi connectivity index (χ1) is 9.06. The standard InChI is InChI=1S/C13H16FN3O2/c1-8(18)16-12-7-9(4-5-10(12)14)17-13(19)11-3-2-6-15-11/h4-5,7,11,15H,2-3,6H2,1H3,(H,16,18)(H,17,19)/t11-/m1/s1. The Morgan fingerprint density at radius 3 is 2.79 bits per heavy atom. The van der Waals surface area contributed by atoms with Crippen LogP contribution < -0.4 is 16.0 Å². The molecule has 3 N–H and O–H groups in total. The average molecular weight is 265 g/mol. The summed E-state index contributed by atoms with van der Waals surface area (Å²) < 4.78 is 13.4. The minimum Gasteiger partial charge on any atom is -0.325 e. The van der Waals surface area contributed by atoms with Crippen LogP contribution in [0.4, 0.5) is 15.8 Å². The lowest BCUT2D eigenvalue weighted by molar-refractivity contribution is -0.117. The number of benzene rings is 1. The summed E-state index contributed by atoms with van der Waals surface area (Å²) in [6, 6.07) is 3.88. The number of amides is 2. The van der Waals surface area contributed by atoms with Crippen molar-refractivity contribution >= 4 is 23.2 Å². The van der Waals surface area contributed by atoms with Gasteiger partial charge in [0.2, 0.25) is 11.8 Å². The monoisotopic (exact) mass is 265 g/mol. The zero-order valence-electron chi connectivity index (χ0n) is 10.6. The maximum atomic E-state index is 13.4. The topological polar surface area (TPSA) is 70.2 Å². The Bertz CT molecular complexity index is 499. The zero-order chi connectivity index (χ0) is 13.8. The van der Waals surface area contributed by atoms with E-state index >= 15 is 0 Å². The molecule has 2 rings (SSSR count). The van der Waals surface area contributed by atoms with Crippen molar-refractivity contribution in [2.24, 2.45) is 0 Å². The van der Waals surface area contributed by atoms with Gasteiger partial charge in [0.15, 0.2) is 0 Å². The molecule has 0 radical (unpaired) electrons. The van der Waals surface area contributed by atoms with Gasteiger partial charge in [0, 0.05) is 12.6 Å². The molecule has 6 heteroatoms. The minimum atomic E-state index is -0.535. The average Bonchev–Trinajstić information content (AvgIpc) is 2.86. The first kappa shape index (κ1) is 13.5. The molecule has 19 heavy (non-hydrogen) atoms. The smallest absolute Gasteiger partial charge is 0.241 e. The number of rotatable bonds is 3. The third kappa shape index (κ3) is 3.51. The molecule has 102 valence electrons. The third-order valence-electron chi connectivity index (χ3n) is 2.92. The third-order valence-corrected chi connectivity index (χ3v) is 2.92. The summed E-state index contributed by atoms with van der Waals surface area (Å²) in [7, 11) is 0. The molecule has 1 aliphatic heterocycles. The SMILES string of the molecule is CC(=O)Nc1cc(NC(=O)[C@H]2CCCN2)ccc1F. The number of hydrogen-bond donors (Lipinski definition) is 3. The fourth-order valence-electron chi connectivity index (χ4n) is 2.03. The lowest BCUT2D eigenvalue weighted by atomic mass is 10.2. The quantitative estimate of drug-likeness (QED) is 0.775. The van der Waals surface area contributed by atoms with E-state index in [1.54, 1.807) is 0 Å². The first-order valence-corrected chi connectivity index (χ1v) is 6.17. The molecule has 5 nitrogen and oxygen atoms in total. The van der Waals surface area contributed by atoms with Gasteiger partial charge >= 0.3 is 0 Å². The molecular weight excluding hydrogens is 249 g/mol. The number of halogens is 1. The van der Waals surface area contributed by atoms with E-state index < -0.39 is 5.82 Å². The summed E-state index contributed by atoms with van der Waals surface area (Å²) in [5.74, 6) is -1.04. The van der Waals surface area contributed by atoms with Gasteiger partial charge in [-0.05, 0) is 37.6 Å². The van der Waals surface area contributed by atoms with Crippen molar-refractivity contribution < 1.29 is 14.0 Å². The number of carbonyl (C=O) groups is 2. The van der Waals surface area contributed by atoms with Crippen LogP contribution in [0.5, 0.6) is 0 Å². The van der Waals surface area contributed by atoms with Gasteiger partial charge in [-0.25, -0.2) is 4.39 Å². The summed E-state index contributed by atoms with van der Waals surface area (Å²) in [6.45, 7) is 2.13. The molecule has 1 heterocycles. The van der Waals surface area contributed by atoms with E-state index in [0.29, 0.717) is 5.69 Å². The molecule has 1 fully saturated rings. The summed E-state index contributed by atoms with van der Waals surface area (Å²) in [6.07, 6.45) is 1.77. The maximum Gasteiger partial charge on any atom is 0.241 e. The molecule has 1 saturated heterocycles. The number of carbonyl (C=O) groups excluding carboxylic acids is 2. The van der Waals surface area contributed by atoms with Crippen LogP contribution in [0, 0.1) is 5.82 Å². The van der Waals surface area contributed by atoms with Gasteiger partial charge in [-0.15, -0.1) is 0 Å². The van der Waals surface area contributed by atoms with Crippen LogP contribution in [0.15, 0.2) is 18.2 Å². The van der Waals surface area contributed by atoms with Crippen molar-refractivity contribution in [3.8, 4) is 0 Å². The summed E-state index contributed by atoms with van der Waals surface area (Å²) >= 11 is 0. The summed E-state index contributed by atoms with van der Waals surface area (Å²) in [5, 5.41) is 8.16. The molecule has 0 aromatic heterocycles. The van der Waals surface area contributed by atoms with Gasteiger partial charge in [0.25, 0.3) is 0 Å². The second kappa shape index (κ2) is 5.79. The fourth-order valence-corrected chi connectivity index (χ4v) is 2.03. The summed E-state index contributed by atoms with van der Waals surface area (Å²) in [4.78, 5) is 22.8. The van der Waals surface area contributed by atoms with Crippen LogP contribution in [0.3, 0.4) is 0 Å². The van der Waals surface area contributed by atoms with Crippen LogP contribution in [0.1, 0.15) is 19.8 Å². The number of hydrogen-bond acceptors (Lipinski definition) is 3. The van der Waals surface area contributed by atoms with E-state index in [1.165, 1.54) is 25.1 Å². The highest BCUT2D eigenvalue weighted by atomic mass is 19.1.